The number of carboxylic acids is 1. The number of halogens is 3. The molecule has 0 bridgehead atoms. The number of hydrogen-bond donors (Lipinski definition) is 3. The molecule has 2 aromatic heterocycles. The molecule has 3 N–H and O–H groups in total. The quantitative estimate of drug-likeness (QED) is 0.213. The minimum atomic E-state index is -5.30. The smallest absolute Gasteiger partial charge is 0.491 e. The number of hydrogen-bond acceptors (Lipinski definition) is 6. The summed E-state index contributed by atoms with van der Waals surface area (Å²) in [7, 11) is 0. The number of aromatic hydroxyl groups is 1. The van der Waals surface area contributed by atoms with Crippen LogP contribution in [0.25, 0.3) is 38.9 Å². The molecule has 194 valence electrons. The average Bonchev–Trinajstić information content (AvgIpc) is 3.39. The van der Waals surface area contributed by atoms with Crippen molar-refractivity contribution in [2.45, 2.75) is 26.9 Å². The summed E-state index contributed by atoms with van der Waals surface area (Å²) in [5, 5.41) is 25.1. The second-order valence-corrected chi connectivity index (χ2v) is 8.78. The summed E-state index contributed by atoms with van der Waals surface area (Å²) in [6.45, 7) is 5.54. The second kappa shape index (κ2) is 8.61. The Morgan fingerprint density at radius 3 is 2.42 bits per heavy atom. The van der Waals surface area contributed by atoms with Crippen molar-refractivity contribution in [3.05, 3.63) is 64.8 Å². The predicted molar refractivity (Wildman–Crippen MR) is 131 cm³/mol. The molecule has 0 saturated carbocycles. The Balaban J connectivity index is 1.71. The fourth-order valence-electron chi connectivity index (χ4n) is 4.20. The Morgan fingerprint density at radius 1 is 1.03 bits per heavy atom. The topological polar surface area (TPSA) is 130 Å². The maximum Gasteiger partial charge on any atom is 0.491 e. The number of benzene rings is 3. The Morgan fingerprint density at radius 2 is 1.76 bits per heavy atom. The van der Waals surface area contributed by atoms with Crippen LogP contribution in [-0.4, -0.2) is 48.1 Å². The van der Waals surface area contributed by atoms with Gasteiger partial charge in [0.2, 0.25) is 5.88 Å². The van der Waals surface area contributed by atoms with Gasteiger partial charge in [0, 0.05) is 0 Å². The first-order valence-corrected chi connectivity index (χ1v) is 11.2. The van der Waals surface area contributed by atoms with Gasteiger partial charge in [0.1, 0.15) is 22.7 Å². The number of H-pyrrole nitrogens is 1. The van der Waals surface area contributed by atoms with E-state index in [9.17, 15) is 33.0 Å². The van der Waals surface area contributed by atoms with Crippen molar-refractivity contribution in [1.82, 2.24) is 19.7 Å². The van der Waals surface area contributed by atoms with Gasteiger partial charge in [0.15, 0.2) is 0 Å². The lowest BCUT2D eigenvalue weighted by atomic mass is 10.0. The first-order chi connectivity index (χ1) is 17.8. The summed E-state index contributed by atoms with van der Waals surface area (Å²) in [5.41, 5.74) is 3.42. The fraction of sp³-hybridized carbons (Fsp3) is 0.154. The third-order valence-electron chi connectivity index (χ3n) is 6.22. The number of alkyl halides is 3. The molecule has 5 rings (SSSR count). The van der Waals surface area contributed by atoms with Crippen molar-refractivity contribution in [2.75, 3.05) is 0 Å². The highest BCUT2D eigenvalue weighted by molar-refractivity contribution is 6.11. The number of aromatic nitrogens is 4. The van der Waals surface area contributed by atoms with Crippen LogP contribution in [0.3, 0.4) is 0 Å². The lowest BCUT2D eigenvalue weighted by molar-refractivity contribution is -0.189. The molecule has 0 aliphatic heterocycles. The summed E-state index contributed by atoms with van der Waals surface area (Å²) in [6.07, 6.45) is -5.30. The molecule has 0 fully saturated rings. The van der Waals surface area contributed by atoms with E-state index in [1.807, 2.05) is 26.0 Å². The Kier molecular flexibility index (Phi) is 5.62. The van der Waals surface area contributed by atoms with Gasteiger partial charge in [0.05, 0.1) is 27.8 Å². The number of esters is 1. The molecule has 0 unspecified atom stereocenters. The summed E-state index contributed by atoms with van der Waals surface area (Å²) in [4.78, 5) is 30.7. The zero-order valence-corrected chi connectivity index (χ0v) is 20.1. The van der Waals surface area contributed by atoms with E-state index in [2.05, 4.69) is 19.8 Å². The van der Waals surface area contributed by atoms with Crippen LogP contribution in [-0.2, 0) is 4.79 Å². The van der Waals surface area contributed by atoms with E-state index in [0.29, 0.717) is 16.9 Å². The van der Waals surface area contributed by atoms with E-state index in [-0.39, 0.29) is 39.1 Å². The monoisotopic (exact) mass is 524 g/mol. The third-order valence-corrected chi connectivity index (χ3v) is 6.22. The molecular weight excluding hydrogens is 505 g/mol. The number of nitrogens with one attached hydrogen (secondary N) is 1. The van der Waals surface area contributed by atoms with E-state index in [1.54, 1.807) is 19.1 Å². The summed E-state index contributed by atoms with van der Waals surface area (Å²) < 4.78 is 44.8. The van der Waals surface area contributed by atoms with Gasteiger partial charge in [-0.05, 0) is 67.6 Å². The number of fused-ring (bicyclic) bond motifs is 3. The van der Waals surface area contributed by atoms with E-state index in [1.165, 1.54) is 16.8 Å². The lowest BCUT2D eigenvalue weighted by Crippen LogP contribution is -2.28. The molecule has 38 heavy (non-hydrogen) atoms. The molecule has 2 heterocycles. The molecule has 0 spiro atoms. The van der Waals surface area contributed by atoms with Crippen LogP contribution in [0.15, 0.2) is 42.5 Å². The molecular formula is C26H19F3N4O5. The van der Waals surface area contributed by atoms with Crippen molar-refractivity contribution in [3.8, 4) is 28.7 Å². The normalized spacial score (nSPS) is 11.8. The van der Waals surface area contributed by atoms with Crippen LogP contribution in [0.5, 0.6) is 11.6 Å². The van der Waals surface area contributed by atoms with Gasteiger partial charge in [0.25, 0.3) is 0 Å². The van der Waals surface area contributed by atoms with Gasteiger partial charge >= 0.3 is 18.1 Å². The van der Waals surface area contributed by atoms with Crippen LogP contribution in [0, 0.1) is 20.8 Å². The lowest BCUT2D eigenvalue weighted by Gasteiger charge is -2.11. The van der Waals surface area contributed by atoms with Crippen molar-refractivity contribution in [2.24, 2.45) is 0 Å². The fourth-order valence-corrected chi connectivity index (χ4v) is 4.20. The van der Waals surface area contributed by atoms with Gasteiger partial charge < -0.3 is 19.9 Å². The largest absolute Gasteiger partial charge is 0.493 e. The number of imidazole rings is 1. The van der Waals surface area contributed by atoms with Crippen LogP contribution in [0.2, 0.25) is 0 Å². The zero-order chi connectivity index (χ0) is 27.5. The molecule has 0 aliphatic rings. The number of carbonyl (C=O) groups is 2. The van der Waals surface area contributed by atoms with Crippen molar-refractivity contribution < 1.29 is 37.7 Å². The van der Waals surface area contributed by atoms with E-state index in [4.69, 9.17) is 0 Å². The van der Waals surface area contributed by atoms with Crippen molar-refractivity contribution in [1.29, 1.82) is 0 Å². The molecule has 0 atom stereocenters. The Hall–Kier alpha value is -4.87. The van der Waals surface area contributed by atoms with Crippen LogP contribution >= 0.6 is 0 Å². The number of ether oxygens (including phenoxy) is 1. The molecule has 0 amide bonds. The van der Waals surface area contributed by atoms with Gasteiger partial charge in [-0.15, -0.1) is 0 Å². The van der Waals surface area contributed by atoms with Crippen LogP contribution in [0.1, 0.15) is 27.2 Å². The molecule has 3 aromatic carbocycles. The molecule has 0 saturated heterocycles. The SMILES string of the molecule is Cc1ccc(-n2nc(C)c(-c3nc4c(ccc5cc(C(=O)O)cc(OC(=O)C(F)(F)F)c54)[nH]3)c2O)cc1C. The Bertz CT molecular complexity index is 1790. The van der Waals surface area contributed by atoms with Crippen LogP contribution in [0.4, 0.5) is 13.2 Å². The number of aromatic amines is 1. The summed E-state index contributed by atoms with van der Waals surface area (Å²) in [5.74, 6) is -4.59. The van der Waals surface area contributed by atoms with E-state index >= 15 is 0 Å². The Labute approximate surface area is 212 Å². The van der Waals surface area contributed by atoms with Crippen LogP contribution < -0.4 is 4.74 Å². The molecule has 0 aliphatic carbocycles. The number of rotatable bonds is 4. The number of aromatic carboxylic acids is 1. The second-order valence-electron chi connectivity index (χ2n) is 8.78. The molecule has 12 heteroatoms. The minimum Gasteiger partial charge on any atom is -0.493 e. The number of aryl methyl sites for hydroxylation is 3. The first-order valence-electron chi connectivity index (χ1n) is 11.2. The van der Waals surface area contributed by atoms with Gasteiger partial charge in [-0.3, -0.25) is 0 Å². The zero-order valence-electron chi connectivity index (χ0n) is 20.1. The average molecular weight is 524 g/mol. The van der Waals surface area contributed by atoms with Gasteiger partial charge in [-0.25, -0.2) is 19.3 Å². The highest BCUT2D eigenvalue weighted by atomic mass is 19.4. The molecule has 5 aromatic rings. The maximum absolute atomic E-state index is 13.0. The van der Waals surface area contributed by atoms with Gasteiger partial charge in [-0.2, -0.15) is 18.3 Å². The standard InChI is InChI=1S/C26H19F3N4O5/c1-11-4-6-16(8-12(11)2)33-23(34)19(13(3)32-33)22-30-17-7-5-14-9-15(24(35)36)10-18(20(14)21(17)31-22)38-25(37)26(27,28)29/h4-10,34H,1-3H3,(H,30,31)(H,35,36). The molecule has 9 nitrogen and oxygen atoms in total. The minimum absolute atomic E-state index is 0.00806. The maximum atomic E-state index is 13.0. The number of carboxylic acid groups (broad SMARTS) is 1. The highest BCUT2D eigenvalue weighted by Gasteiger charge is 2.42. The number of carbonyl (C=O) groups excluding carboxylic acids is 1. The highest BCUT2D eigenvalue weighted by Crippen LogP contribution is 2.38. The van der Waals surface area contributed by atoms with Gasteiger partial charge in [-0.1, -0.05) is 12.1 Å². The third kappa shape index (κ3) is 4.09. The van der Waals surface area contributed by atoms with Crippen molar-refractivity contribution in [3.63, 3.8) is 0 Å². The summed E-state index contributed by atoms with van der Waals surface area (Å²) >= 11 is 0. The van der Waals surface area contributed by atoms with Crippen molar-refractivity contribution >= 4 is 33.7 Å². The van der Waals surface area contributed by atoms with E-state index in [0.717, 1.165) is 17.2 Å². The predicted octanol–water partition coefficient (Wildman–Crippen LogP) is 5.37. The summed E-state index contributed by atoms with van der Waals surface area (Å²) in [6, 6.07) is 10.6. The molecule has 0 radical (unpaired) electrons. The first kappa shape index (κ1) is 24.8. The number of nitrogens with zero attached hydrogens (tertiary/aromatic N) is 3. The van der Waals surface area contributed by atoms with E-state index < -0.39 is 23.9 Å².